The van der Waals surface area contributed by atoms with E-state index < -0.39 is 0 Å². The Labute approximate surface area is 106 Å². The van der Waals surface area contributed by atoms with Crippen molar-refractivity contribution in [3.63, 3.8) is 0 Å². The number of rotatable bonds is 6. The fourth-order valence-corrected chi connectivity index (χ4v) is 2.34. The second kappa shape index (κ2) is 7.70. The molecule has 0 aromatic rings. The van der Waals surface area contributed by atoms with Crippen molar-refractivity contribution in [3.05, 3.63) is 0 Å². The smallest absolute Gasteiger partial charge is 0.236 e. The topological polar surface area (TPSA) is 41.1 Å². The van der Waals surface area contributed by atoms with E-state index >= 15 is 0 Å². The van der Waals surface area contributed by atoms with Crippen LogP contribution >= 0.6 is 0 Å². The normalized spacial score (nSPS) is 19.3. The molecule has 17 heavy (non-hydrogen) atoms. The van der Waals surface area contributed by atoms with E-state index in [9.17, 15) is 4.79 Å². The molecule has 2 N–H and O–H groups in total. The molecule has 0 aromatic heterocycles. The molecular weight excluding hydrogens is 212 g/mol. The van der Waals surface area contributed by atoms with Gasteiger partial charge in [-0.05, 0) is 32.1 Å². The second-order valence-electron chi connectivity index (χ2n) is 5.70. The molecule has 1 fully saturated rings. The van der Waals surface area contributed by atoms with Crippen LogP contribution < -0.4 is 10.6 Å². The molecule has 1 aliphatic carbocycles. The van der Waals surface area contributed by atoms with Crippen LogP contribution in [0, 0.1) is 5.92 Å². The fourth-order valence-electron chi connectivity index (χ4n) is 2.34. The van der Waals surface area contributed by atoms with Gasteiger partial charge in [-0.25, -0.2) is 0 Å². The number of hydrogen-bond donors (Lipinski definition) is 2. The molecule has 3 nitrogen and oxygen atoms in total. The highest BCUT2D eigenvalue weighted by Crippen LogP contribution is 2.17. The summed E-state index contributed by atoms with van der Waals surface area (Å²) in [4.78, 5) is 11.8. The van der Waals surface area contributed by atoms with Crippen molar-refractivity contribution >= 4 is 5.91 Å². The third-order valence-electron chi connectivity index (χ3n) is 3.51. The molecule has 3 heteroatoms. The van der Waals surface area contributed by atoms with E-state index in [1.807, 2.05) is 6.92 Å². The first kappa shape index (κ1) is 14.5. The van der Waals surface area contributed by atoms with Crippen molar-refractivity contribution in [2.45, 2.75) is 71.4 Å². The molecule has 0 heterocycles. The van der Waals surface area contributed by atoms with Gasteiger partial charge in [-0.2, -0.15) is 0 Å². The van der Waals surface area contributed by atoms with E-state index in [-0.39, 0.29) is 11.9 Å². The molecule has 0 bridgehead atoms. The lowest BCUT2D eigenvalue weighted by atomic mass is 9.95. The standard InChI is InChI=1S/C14H28N2O/c1-11(2)9-10-15-14(17)12(3)16-13-7-5-4-6-8-13/h11-13,16H,4-10H2,1-3H3,(H,15,17). The monoisotopic (exact) mass is 240 g/mol. The van der Waals surface area contributed by atoms with Gasteiger partial charge in [0.2, 0.25) is 5.91 Å². The molecule has 1 atom stereocenters. The van der Waals surface area contributed by atoms with E-state index in [4.69, 9.17) is 0 Å². The minimum absolute atomic E-state index is 0.0507. The highest BCUT2D eigenvalue weighted by atomic mass is 16.2. The van der Waals surface area contributed by atoms with Gasteiger partial charge < -0.3 is 10.6 Å². The van der Waals surface area contributed by atoms with Crippen molar-refractivity contribution in [2.24, 2.45) is 5.92 Å². The van der Waals surface area contributed by atoms with Crippen molar-refractivity contribution in [3.8, 4) is 0 Å². The second-order valence-corrected chi connectivity index (χ2v) is 5.70. The highest BCUT2D eigenvalue weighted by Gasteiger charge is 2.19. The van der Waals surface area contributed by atoms with Gasteiger partial charge in [0.1, 0.15) is 0 Å². The van der Waals surface area contributed by atoms with Crippen LogP contribution in [0.15, 0.2) is 0 Å². The van der Waals surface area contributed by atoms with Crippen LogP contribution in [0.25, 0.3) is 0 Å². The summed E-state index contributed by atoms with van der Waals surface area (Å²) in [5.74, 6) is 0.799. The Bertz CT molecular complexity index is 222. The lowest BCUT2D eigenvalue weighted by molar-refractivity contribution is -0.123. The van der Waals surface area contributed by atoms with Crippen molar-refractivity contribution < 1.29 is 4.79 Å². The van der Waals surface area contributed by atoms with Crippen LogP contribution in [-0.4, -0.2) is 24.5 Å². The summed E-state index contributed by atoms with van der Waals surface area (Å²) in [5, 5.41) is 6.45. The Morgan fingerprint density at radius 2 is 1.82 bits per heavy atom. The van der Waals surface area contributed by atoms with Crippen LogP contribution in [0.5, 0.6) is 0 Å². The molecule has 1 saturated carbocycles. The van der Waals surface area contributed by atoms with Crippen LogP contribution in [-0.2, 0) is 4.79 Å². The average molecular weight is 240 g/mol. The predicted octanol–water partition coefficient (Wildman–Crippen LogP) is 2.46. The molecule has 0 aliphatic heterocycles. The Kier molecular flexibility index (Phi) is 6.56. The summed E-state index contributed by atoms with van der Waals surface area (Å²) in [6, 6.07) is 0.500. The van der Waals surface area contributed by atoms with Crippen LogP contribution in [0.1, 0.15) is 59.3 Å². The molecule has 0 radical (unpaired) electrons. The minimum atomic E-state index is -0.0507. The predicted molar refractivity (Wildman–Crippen MR) is 71.9 cm³/mol. The lowest BCUT2D eigenvalue weighted by Gasteiger charge is -2.26. The third-order valence-corrected chi connectivity index (χ3v) is 3.51. The van der Waals surface area contributed by atoms with E-state index in [1.54, 1.807) is 0 Å². The maximum atomic E-state index is 11.8. The summed E-state index contributed by atoms with van der Waals surface area (Å²) in [6.45, 7) is 7.12. The molecule has 1 rings (SSSR count). The number of amides is 1. The van der Waals surface area contributed by atoms with Crippen molar-refractivity contribution in [1.82, 2.24) is 10.6 Å². The summed E-state index contributed by atoms with van der Waals surface area (Å²) in [5.41, 5.74) is 0. The van der Waals surface area contributed by atoms with Gasteiger partial charge >= 0.3 is 0 Å². The van der Waals surface area contributed by atoms with E-state index in [1.165, 1.54) is 32.1 Å². The first-order valence-corrected chi connectivity index (χ1v) is 7.13. The molecule has 1 aliphatic rings. The zero-order valence-electron chi connectivity index (χ0n) is 11.6. The maximum absolute atomic E-state index is 11.8. The van der Waals surface area contributed by atoms with Crippen LogP contribution in [0.4, 0.5) is 0 Å². The summed E-state index contributed by atoms with van der Waals surface area (Å²) in [7, 11) is 0. The zero-order valence-corrected chi connectivity index (χ0v) is 11.6. The average Bonchev–Trinajstić information content (AvgIpc) is 2.29. The van der Waals surface area contributed by atoms with Gasteiger partial charge in [0.05, 0.1) is 6.04 Å². The van der Waals surface area contributed by atoms with Gasteiger partial charge in [-0.3, -0.25) is 4.79 Å². The lowest BCUT2D eigenvalue weighted by Crippen LogP contribution is -2.47. The van der Waals surface area contributed by atoms with Gasteiger partial charge in [-0.15, -0.1) is 0 Å². The molecular formula is C14H28N2O. The fraction of sp³-hybridized carbons (Fsp3) is 0.929. The molecule has 1 amide bonds. The highest BCUT2D eigenvalue weighted by molar-refractivity contribution is 5.81. The first-order valence-electron chi connectivity index (χ1n) is 7.13. The van der Waals surface area contributed by atoms with Gasteiger partial charge in [-0.1, -0.05) is 33.1 Å². The molecule has 0 saturated heterocycles. The number of carbonyl (C=O) groups is 1. The summed E-state index contributed by atoms with van der Waals surface area (Å²) in [6.07, 6.45) is 7.47. The van der Waals surface area contributed by atoms with E-state index in [0.29, 0.717) is 12.0 Å². The van der Waals surface area contributed by atoms with Crippen LogP contribution in [0.3, 0.4) is 0 Å². The maximum Gasteiger partial charge on any atom is 0.236 e. The molecule has 0 spiro atoms. The van der Waals surface area contributed by atoms with E-state index in [0.717, 1.165) is 13.0 Å². The molecule has 100 valence electrons. The number of carbonyl (C=O) groups excluding carboxylic acids is 1. The summed E-state index contributed by atoms with van der Waals surface area (Å²) < 4.78 is 0. The third kappa shape index (κ3) is 6.06. The molecule has 1 unspecified atom stereocenters. The first-order chi connectivity index (χ1) is 8.09. The SMILES string of the molecule is CC(C)CCNC(=O)C(C)NC1CCCCC1. The minimum Gasteiger partial charge on any atom is -0.355 e. The summed E-state index contributed by atoms with van der Waals surface area (Å²) >= 11 is 0. The van der Waals surface area contributed by atoms with Gasteiger partial charge in [0.25, 0.3) is 0 Å². The van der Waals surface area contributed by atoms with Crippen molar-refractivity contribution in [2.75, 3.05) is 6.54 Å². The Balaban J connectivity index is 2.16. The van der Waals surface area contributed by atoms with Crippen molar-refractivity contribution in [1.29, 1.82) is 0 Å². The van der Waals surface area contributed by atoms with Gasteiger partial charge in [0, 0.05) is 12.6 Å². The Morgan fingerprint density at radius 1 is 1.18 bits per heavy atom. The number of nitrogens with one attached hydrogen (secondary N) is 2. The van der Waals surface area contributed by atoms with E-state index in [2.05, 4.69) is 24.5 Å². The van der Waals surface area contributed by atoms with Crippen LogP contribution in [0.2, 0.25) is 0 Å². The Hall–Kier alpha value is -0.570. The number of hydrogen-bond acceptors (Lipinski definition) is 2. The Morgan fingerprint density at radius 3 is 2.41 bits per heavy atom. The van der Waals surface area contributed by atoms with Gasteiger partial charge in [0.15, 0.2) is 0 Å². The largest absolute Gasteiger partial charge is 0.355 e. The quantitative estimate of drug-likeness (QED) is 0.749. The zero-order chi connectivity index (χ0) is 12.7. The molecule has 0 aromatic carbocycles.